The van der Waals surface area contributed by atoms with Gasteiger partial charge in [0.1, 0.15) is 6.04 Å². The summed E-state index contributed by atoms with van der Waals surface area (Å²) in [5.41, 5.74) is 2.94. The van der Waals surface area contributed by atoms with Gasteiger partial charge in [0.05, 0.1) is 7.11 Å². The van der Waals surface area contributed by atoms with Crippen LogP contribution in [-0.2, 0) is 0 Å². The number of hydrogen-bond donors (Lipinski definition) is 0. The second-order valence-electron chi connectivity index (χ2n) is 5.13. The number of nitroso groups, excluding NO2 is 1. The van der Waals surface area contributed by atoms with Crippen molar-refractivity contribution in [2.45, 2.75) is 45.1 Å². The highest BCUT2D eigenvalue weighted by Gasteiger charge is 2.27. The Balaban J connectivity index is 2.38. The SMILES string of the molecule is CCCCC1=C(c2ccc(OC)c(F)c2)C(N=O)CC1. The van der Waals surface area contributed by atoms with Gasteiger partial charge in [-0.25, -0.2) is 4.39 Å². The Morgan fingerprint density at radius 1 is 1.45 bits per heavy atom. The van der Waals surface area contributed by atoms with Crippen molar-refractivity contribution in [3.63, 3.8) is 0 Å². The Morgan fingerprint density at radius 2 is 2.25 bits per heavy atom. The van der Waals surface area contributed by atoms with Gasteiger partial charge in [-0.3, -0.25) is 0 Å². The number of ether oxygens (including phenoxy) is 1. The van der Waals surface area contributed by atoms with Crippen LogP contribution >= 0.6 is 0 Å². The van der Waals surface area contributed by atoms with E-state index in [0.29, 0.717) is 0 Å². The van der Waals surface area contributed by atoms with Gasteiger partial charge in [-0.2, -0.15) is 4.91 Å². The lowest BCUT2D eigenvalue weighted by atomic mass is 9.96. The number of allylic oxidation sites excluding steroid dienone is 1. The number of nitrogens with zero attached hydrogens (tertiary/aromatic N) is 1. The largest absolute Gasteiger partial charge is 0.494 e. The van der Waals surface area contributed by atoms with Gasteiger partial charge in [-0.15, -0.1) is 0 Å². The molecule has 2 rings (SSSR count). The molecule has 1 unspecified atom stereocenters. The zero-order chi connectivity index (χ0) is 14.5. The van der Waals surface area contributed by atoms with E-state index < -0.39 is 5.82 Å². The summed E-state index contributed by atoms with van der Waals surface area (Å²) in [5, 5.41) is 3.21. The van der Waals surface area contributed by atoms with E-state index in [9.17, 15) is 9.30 Å². The van der Waals surface area contributed by atoms with Crippen molar-refractivity contribution in [3.8, 4) is 5.75 Å². The van der Waals surface area contributed by atoms with Crippen LogP contribution in [0.25, 0.3) is 5.57 Å². The second kappa shape index (κ2) is 6.64. The molecular formula is C16H20FNO2. The summed E-state index contributed by atoms with van der Waals surface area (Å²) in [6, 6.07) is 4.53. The summed E-state index contributed by atoms with van der Waals surface area (Å²) in [7, 11) is 1.44. The van der Waals surface area contributed by atoms with E-state index in [1.807, 2.05) is 6.07 Å². The van der Waals surface area contributed by atoms with Crippen molar-refractivity contribution in [1.29, 1.82) is 0 Å². The Morgan fingerprint density at radius 3 is 2.85 bits per heavy atom. The van der Waals surface area contributed by atoms with Gasteiger partial charge in [0.15, 0.2) is 11.6 Å². The fourth-order valence-electron chi connectivity index (χ4n) is 2.81. The van der Waals surface area contributed by atoms with E-state index in [1.54, 1.807) is 6.07 Å². The number of rotatable bonds is 6. The molecule has 20 heavy (non-hydrogen) atoms. The molecule has 0 heterocycles. The lowest BCUT2D eigenvalue weighted by Crippen LogP contribution is -2.02. The summed E-state index contributed by atoms with van der Waals surface area (Å²) in [6.45, 7) is 2.14. The van der Waals surface area contributed by atoms with Crippen LogP contribution in [0.5, 0.6) is 5.75 Å². The van der Waals surface area contributed by atoms with Crippen LogP contribution in [0.3, 0.4) is 0 Å². The van der Waals surface area contributed by atoms with Gasteiger partial charge in [0.2, 0.25) is 0 Å². The monoisotopic (exact) mass is 277 g/mol. The van der Waals surface area contributed by atoms with Crippen molar-refractivity contribution in [3.05, 3.63) is 40.1 Å². The van der Waals surface area contributed by atoms with E-state index in [1.165, 1.54) is 18.7 Å². The van der Waals surface area contributed by atoms with Crippen LogP contribution in [0.1, 0.15) is 44.6 Å². The standard InChI is InChI=1S/C16H20FNO2/c1-3-4-5-11-6-8-14(18-19)16(11)12-7-9-15(20-2)13(17)10-12/h7,9-10,14H,3-6,8H2,1-2H3. The Labute approximate surface area is 118 Å². The van der Waals surface area contributed by atoms with Crippen LogP contribution in [0, 0.1) is 10.7 Å². The van der Waals surface area contributed by atoms with Crippen molar-refractivity contribution >= 4 is 5.57 Å². The summed E-state index contributed by atoms with van der Waals surface area (Å²) in [4.78, 5) is 11.0. The Bertz CT molecular complexity index is 525. The molecule has 1 aliphatic carbocycles. The first-order valence-corrected chi connectivity index (χ1v) is 7.09. The maximum Gasteiger partial charge on any atom is 0.165 e. The Kier molecular flexibility index (Phi) is 4.88. The average molecular weight is 277 g/mol. The van der Waals surface area contributed by atoms with Crippen LogP contribution in [0.15, 0.2) is 28.9 Å². The average Bonchev–Trinajstić information content (AvgIpc) is 2.87. The molecule has 1 aromatic rings. The number of halogens is 1. The second-order valence-corrected chi connectivity index (χ2v) is 5.13. The maximum atomic E-state index is 13.9. The van der Waals surface area contributed by atoms with Crippen molar-refractivity contribution < 1.29 is 9.13 Å². The molecule has 0 amide bonds. The summed E-state index contributed by atoms with van der Waals surface area (Å²) in [6.07, 6.45) is 4.78. The number of methoxy groups -OCH3 is 1. The van der Waals surface area contributed by atoms with E-state index in [4.69, 9.17) is 4.74 Å². The molecule has 0 N–H and O–H groups in total. The van der Waals surface area contributed by atoms with E-state index in [0.717, 1.165) is 43.2 Å². The molecule has 0 fully saturated rings. The fourth-order valence-corrected chi connectivity index (χ4v) is 2.81. The van der Waals surface area contributed by atoms with Crippen LogP contribution < -0.4 is 4.74 Å². The molecule has 0 radical (unpaired) electrons. The third kappa shape index (κ3) is 2.89. The fraction of sp³-hybridized carbons (Fsp3) is 0.500. The van der Waals surface area contributed by atoms with Gasteiger partial charge in [-0.05, 0) is 49.0 Å². The number of hydrogen-bond acceptors (Lipinski definition) is 3. The smallest absolute Gasteiger partial charge is 0.165 e. The molecular weight excluding hydrogens is 257 g/mol. The maximum absolute atomic E-state index is 13.9. The van der Waals surface area contributed by atoms with Crippen LogP contribution in [0.2, 0.25) is 0 Å². The molecule has 0 aliphatic heterocycles. The quantitative estimate of drug-likeness (QED) is 0.706. The third-order valence-electron chi connectivity index (χ3n) is 3.86. The van der Waals surface area contributed by atoms with E-state index in [-0.39, 0.29) is 11.8 Å². The zero-order valence-corrected chi connectivity index (χ0v) is 12.0. The minimum absolute atomic E-state index is 0.220. The van der Waals surface area contributed by atoms with Gasteiger partial charge >= 0.3 is 0 Å². The third-order valence-corrected chi connectivity index (χ3v) is 3.86. The van der Waals surface area contributed by atoms with Crippen molar-refractivity contribution in [1.82, 2.24) is 0 Å². The van der Waals surface area contributed by atoms with Gasteiger partial charge in [-0.1, -0.05) is 30.2 Å². The highest BCUT2D eigenvalue weighted by molar-refractivity contribution is 5.75. The van der Waals surface area contributed by atoms with Gasteiger partial charge in [0, 0.05) is 0 Å². The Hall–Kier alpha value is -1.71. The first-order valence-electron chi connectivity index (χ1n) is 7.09. The molecule has 1 atom stereocenters. The van der Waals surface area contributed by atoms with Gasteiger partial charge in [0.25, 0.3) is 0 Å². The number of benzene rings is 1. The predicted octanol–water partition coefficient (Wildman–Crippen LogP) is 4.71. The van der Waals surface area contributed by atoms with Crippen molar-refractivity contribution in [2.24, 2.45) is 5.18 Å². The summed E-state index contributed by atoms with van der Waals surface area (Å²) < 4.78 is 18.8. The first-order chi connectivity index (χ1) is 9.71. The molecule has 0 spiro atoms. The molecule has 0 aromatic heterocycles. The van der Waals surface area contributed by atoms with Crippen molar-refractivity contribution in [2.75, 3.05) is 7.11 Å². The first kappa shape index (κ1) is 14.7. The molecule has 1 aromatic carbocycles. The molecule has 3 nitrogen and oxygen atoms in total. The topological polar surface area (TPSA) is 38.7 Å². The molecule has 0 bridgehead atoms. The van der Waals surface area contributed by atoms with Gasteiger partial charge < -0.3 is 4.74 Å². The number of unbranched alkanes of at least 4 members (excludes halogenated alkanes) is 1. The normalized spacial score (nSPS) is 18.4. The minimum atomic E-state index is -0.399. The van der Waals surface area contributed by atoms with Crippen LogP contribution in [0.4, 0.5) is 4.39 Å². The van der Waals surface area contributed by atoms with E-state index in [2.05, 4.69) is 12.1 Å². The molecule has 1 aliphatic rings. The molecule has 4 heteroatoms. The molecule has 108 valence electrons. The van der Waals surface area contributed by atoms with Crippen LogP contribution in [-0.4, -0.2) is 13.2 Å². The summed E-state index contributed by atoms with van der Waals surface area (Å²) in [5.74, 6) is -0.179. The lowest BCUT2D eigenvalue weighted by molar-refractivity contribution is 0.386. The summed E-state index contributed by atoms with van der Waals surface area (Å²) >= 11 is 0. The minimum Gasteiger partial charge on any atom is -0.494 e. The molecule has 0 saturated heterocycles. The highest BCUT2D eigenvalue weighted by atomic mass is 19.1. The predicted molar refractivity (Wildman–Crippen MR) is 78.2 cm³/mol. The zero-order valence-electron chi connectivity index (χ0n) is 12.0. The molecule has 0 saturated carbocycles. The lowest BCUT2D eigenvalue weighted by Gasteiger charge is -2.12. The highest BCUT2D eigenvalue weighted by Crippen LogP contribution is 2.39. The van der Waals surface area contributed by atoms with E-state index >= 15 is 0 Å².